The molecule has 0 radical (unpaired) electrons. The molecule has 1 aromatic rings. The lowest BCUT2D eigenvalue weighted by Crippen LogP contribution is -2.12. The van der Waals surface area contributed by atoms with Gasteiger partial charge < -0.3 is 9.84 Å². The quantitative estimate of drug-likeness (QED) is 0.912. The molecule has 16 heavy (non-hydrogen) atoms. The summed E-state index contributed by atoms with van der Waals surface area (Å²) in [5.74, 6) is -2.22. The van der Waals surface area contributed by atoms with E-state index in [0.29, 0.717) is 6.07 Å². The number of carboxylic acids is 1. The van der Waals surface area contributed by atoms with Gasteiger partial charge in [-0.1, -0.05) is 0 Å². The molecule has 0 atom stereocenters. The Morgan fingerprint density at radius 1 is 1.56 bits per heavy atom. The van der Waals surface area contributed by atoms with Crippen LogP contribution in [0.1, 0.15) is 16.1 Å². The zero-order chi connectivity index (χ0) is 12.5. The van der Waals surface area contributed by atoms with Gasteiger partial charge in [0.05, 0.1) is 11.6 Å². The lowest BCUT2D eigenvalue weighted by molar-refractivity contribution is -0.139. The second kappa shape index (κ2) is 4.28. The number of pyridine rings is 1. The number of halogens is 4. The second-order valence-corrected chi connectivity index (χ2v) is 3.53. The smallest absolute Gasteiger partial charge is 0.421 e. The first-order valence-corrected chi connectivity index (χ1v) is 4.61. The van der Waals surface area contributed by atoms with Crippen LogP contribution in [0.5, 0.6) is 5.88 Å². The molecule has 0 bridgehead atoms. The maximum atomic E-state index is 12.5. The van der Waals surface area contributed by atoms with Gasteiger partial charge in [0.25, 0.3) is 0 Å². The number of rotatable bonds is 2. The lowest BCUT2D eigenvalue weighted by Gasteiger charge is -2.12. The van der Waals surface area contributed by atoms with Crippen LogP contribution in [0, 0.1) is 0 Å². The summed E-state index contributed by atoms with van der Waals surface area (Å²) in [6, 6.07) is 0.620. The molecule has 88 valence electrons. The molecule has 0 aromatic carbocycles. The predicted molar refractivity (Wildman–Crippen MR) is 50.5 cm³/mol. The molecule has 4 nitrogen and oxygen atoms in total. The molecule has 0 aliphatic carbocycles. The molecule has 1 rings (SSSR count). The highest BCUT2D eigenvalue weighted by Crippen LogP contribution is 2.37. The van der Waals surface area contributed by atoms with Gasteiger partial charge in [-0.25, -0.2) is 9.78 Å². The van der Waals surface area contributed by atoms with Gasteiger partial charge in [0.2, 0.25) is 5.88 Å². The summed E-state index contributed by atoms with van der Waals surface area (Å²) < 4.78 is 41.5. The Hall–Kier alpha value is -1.31. The molecule has 1 heterocycles. The van der Waals surface area contributed by atoms with Crippen LogP contribution in [0.15, 0.2) is 10.5 Å². The van der Waals surface area contributed by atoms with Gasteiger partial charge in [0.1, 0.15) is 5.56 Å². The summed E-state index contributed by atoms with van der Waals surface area (Å²) in [7, 11) is 0.983. The average molecular weight is 300 g/mol. The van der Waals surface area contributed by atoms with E-state index in [2.05, 4.69) is 25.7 Å². The molecule has 8 heteroatoms. The van der Waals surface area contributed by atoms with Crippen molar-refractivity contribution < 1.29 is 27.8 Å². The molecule has 1 N–H and O–H groups in total. The molecule has 0 amide bonds. The molecule has 0 saturated carbocycles. The van der Waals surface area contributed by atoms with Crippen LogP contribution in [-0.2, 0) is 6.18 Å². The van der Waals surface area contributed by atoms with Gasteiger partial charge in [0.15, 0.2) is 5.69 Å². The van der Waals surface area contributed by atoms with E-state index in [4.69, 9.17) is 5.11 Å². The molecule has 0 aliphatic heterocycles. The molecule has 1 aromatic heterocycles. The Bertz CT molecular complexity index is 433. The van der Waals surface area contributed by atoms with E-state index in [1.165, 1.54) is 0 Å². The summed E-state index contributed by atoms with van der Waals surface area (Å²) in [4.78, 5) is 13.9. The van der Waals surface area contributed by atoms with Gasteiger partial charge >= 0.3 is 12.1 Å². The third-order valence-corrected chi connectivity index (χ3v) is 2.25. The van der Waals surface area contributed by atoms with Crippen molar-refractivity contribution in [2.24, 2.45) is 0 Å². The van der Waals surface area contributed by atoms with Crippen molar-refractivity contribution >= 4 is 21.9 Å². The maximum absolute atomic E-state index is 12.5. The van der Waals surface area contributed by atoms with Crippen LogP contribution in [-0.4, -0.2) is 23.2 Å². The van der Waals surface area contributed by atoms with Crippen molar-refractivity contribution in [3.63, 3.8) is 0 Å². The molecular weight excluding hydrogens is 295 g/mol. The largest absolute Gasteiger partial charge is 0.481 e. The molecule has 0 unspecified atom stereocenters. The number of carboxylic acid groups (broad SMARTS) is 1. The number of aromatic carboxylic acids is 1. The van der Waals surface area contributed by atoms with Gasteiger partial charge in [-0.2, -0.15) is 13.2 Å². The van der Waals surface area contributed by atoms with Crippen LogP contribution in [0.2, 0.25) is 0 Å². The molecule has 0 spiro atoms. The fourth-order valence-electron chi connectivity index (χ4n) is 0.981. The number of aromatic nitrogens is 1. The Morgan fingerprint density at radius 2 is 2.12 bits per heavy atom. The van der Waals surface area contributed by atoms with E-state index < -0.39 is 29.3 Å². The van der Waals surface area contributed by atoms with Crippen molar-refractivity contribution in [3.05, 3.63) is 21.8 Å². The van der Waals surface area contributed by atoms with Crippen LogP contribution in [0.25, 0.3) is 0 Å². The molecule has 0 fully saturated rings. The number of hydrogen-bond acceptors (Lipinski definition) is 3. The third-order valence-electron chi connectivity index (χ3n) is 1.64. The lowest BCUT2D eigenvalue weighted by atomic mass is 10.2. The summed E-state index contributed by atoms with van der Waals surface area (Å²) in [5, 5.41) is 8.65. The van der Waals surface area contributed by atoms with E-state index in [9.17, 15) is 18.0 Å². The maximum Gasteiger partial charge on any atom is 0.421 e. The number of hydrogen-bond donors (Lipinski definition) is 1. The topological polar surface area (TPSA) is 59.4 Å². The highest BCUT2D eigenvalue weighted by molar-refractivity contribution is 9.10. The highest BCUT2D eigenvalue weighted by atomic mass is 79.9. The number of alkyl halides is 3. The van der Waals surface area contributed by atoms with E-state index in [1.54, 1.807) is 0 Å². The minimum atomic E-state index is -4.65. The zero-order valence-electron chi connectivity index (χ0n) is 7.80. The molecule has 0 saturated heterocycles. The zero-order valence-corrected chi connectivity index (χ0v) is 9.39. The predicted octanol–water partition coefficient (Wildman–Crippen LogP) is 2.57. The molecule has 0 aliphatic rings. The van der Waals surface area contributed by atoms with E-state index in [1.807, 2.05) is 0 Å². The van der Waals surface area contributed by atoms with Crippen molar-refractivity contribution in [1.29, 1.82) is 0 Å². The summed E-state index contributed by atoms with van der Waals surface area (Å²) in [6.07, 6.45) is -4.65. The van der Waals surface area contributed by atoms with Crippen molar-refractivity contribution in [2.75, 3.05) is 7.11 Å². The normalized spacial score (nSPS) is 11.3. The van der Waals surface area contributed by atoms with Crippen molar-refractivity contribution in [1.82, 2.24) is 4.98 Å². The monoisotopic (exact) mass is 299 g/mol. The van der Waals surface area contributed by atoms with Crippen LogP contribution >= 0.6 is 15.9 Å². The van der Waals surface area contributed by atoms with Gasteiger partial charge in [0, 0.05) is 0 Å². The summed E-state index contributed by atoms with van der Waals surface area (Å²) >= 11 is 2.70. The van der Waals surface area contributed by atoms with Gasteiger partial charge in [-0.3, -0.25) is 0 Å². The number of methoxy groups -OCH3 is 1. The number of nitrogens with zero attached hydrogens (tertiary/aromatic N) is 1. The third kappa shape index (κ3) is 2.43. The minimum Gasteiger partial charge on any atom is -0.481 e. The van der Waals surface area contributed by atoms with Crippen molar-refractivity contribution in [3.8, 4) is 5.88 Å². The Balaban J connectivity index is 3.44. The summed E-state index contributed by atoms with van der Waals surface area (Å²) in [5.41, 5.74) is -1.67. The highest BCUT2D eigenvalue weighted by Gasteiger charge is 2.36. The Kier molecular flexibility index (Phi) is 3.41. The van der Waals surface area contributed by atoms with Gasteiger partial charge in [-0.05, 0) is 22.0 Å². The van der Waals surface area contributed by atoms with Crippen LogP contribution in [0.3, 0.4) is 0 Å². The SMILES string of the molecule is COc1nc(C(=O)O)c(Br)cc1C(F)(F)F. The van der Waals surface area contributed by atoms with Crippen LogP contribution < -0.4 is 4.74 Å². The Morgan fingerprint density at radius 3 is 2.50 bits per heavy atom. The van der Waals surface area contributed by atoms with E-state index >= 15 is 0 Å². The minimum absolute atomic E-state index is 0.256. The van der Waals surface area contributed by atoms with Crippen molar-refractivity contribution in [2.45, 2.75) is 6.18 Å². The Labute approximate surface area is 96.2 Å². The standard InChI is InChI=1S/C8H5BrF3NO3/c1-16-6-3(8(10,11)12)2-4(9)5(13-6)7(14)15/h2H,1H3,(H,14,15). The number of ether oxygens (including phenoxy) is 1. The van der Waals surface area contributed by atoms with E-state index in [0.717, 1.165) is 7.11 Å². The summed E-state index contributed by atoms with van der Waals surface area (Å²) in [6.45, 7) is 0. The fraction of sp³-hybridized carbons (Fsp3) is 0.250. The first-order chi connectivity index (χ1) is 7.27. The first kappa shape index (κ1) is 12.8. The number of carbonyl (C=O) groups is 1. The van der Waals surface area contributed by atoms with Gasteiger partial charge in [-0.15, -0.1) is 0 Å². The van der Waals surface area contributed by atoms with Crippen LogP contribution in [0.4, 0.5) is 13.2 Å². The average Bonchev–Trinajstić information content (AvgIpc) is 2.15. The van der Waals surface area contributed by atoms with E-state index in [-0.39, 0.29) is 4.47 Å². The molecular formula is C8H5BrF3NO3. The first-order valence-electron chi connectivity index (χ1n) is 3.82. The second-order valence-electron chi connectivity index (χ2n) is 2.68. The fourth-order valence-corrected chi connectivity index (χ4v) is 1.47.